The quantitative estimate of drug-likeness (QED) is 0.381. The molecular weight excluding hydrogens is 230 g/mol. The maximum absolute atomic E-state index is 5.60. The molecule has 2 heteroatoms. The highest BCUT2D eigenvalue weighted by Gasteiger charge is 1.91. The zero-order valence-corrected chi connectivity index (χ0v) is 13.4. The topological polar surface area (TPSA) is 3.24 Å². The van der Waals surface area contributed by atoms with Gasteiger partial charge in [0.2, 0.25) is 0 Å². The third-order valence-electron chi connectivity index (χ3n) is 2.49. The Labute approximate surface area is 115 Å². The fourth-order valence-electron chi connectivity index (χ4n) is 1.58. The van der Waals surface area contributed by atoms with Crippen molar-refractivity contribution in [2.75, 3.05) is 27.0 Å². The van der Waals surface area contributed by atoms with E-state index < -0.39 is 0 Å². The number of alkyl halides is 1. The van der Waals surface area contributed by atoms with Crippen LogP contribution in [0.15, 0.2) is 0 Å². The Morgan fingerprint density at radius 3 is 1.24 bits per heavy atom. The summed E-state index contributed by atoms with van der Waals surface area (Å²) in [4.78, 5) is 2.00. The van der Waals surface area contributed by atoms with E-state index in [2.05, 4.69) is 6.92 Å². The minimum Gasteiger partial charge on any atom is -0.312 e. The van der Waals surface area contributed by atoms with Crippen LogP contribution in [0.1, 0.15) is 71.1 Å². The van der Waals surface area contributed by atoms with Gasteiger partial charge < -0.3 is 4.90 Å². The smallest absolute Gasteiger partial charge is 0.0223 e. The first-order valence-electron chi connectivity index (χ1n) is 7.32. The van der Waals surface area contributed by atoms with Crippen LogP contribution in [0.25, 0.3) is 0 Å². The van der Waals surface area contributed by atoms with Crippen LogP contribution in [0.5, 0.6) is 0 Å². The minimum absolute atomic E-state index is 0.844. The predicted molar refractivity (Wildman–Crippen MR) is 82.2 cm³/mol. The van der Waals surface area contributed by atoms with Crippen molar-refractivity contribution in [1.82, 2.24) is 4.90 Å². The summed E-state index contributed by atoms with van der Waals surface area (Å²) in [6.07, 6.45) is 13.9. The summed E-state index contributed by atoms with van der Waals surface area (Å²) < 4.78 is 0. The number of hydrogen-bond donors (Lipinski definition) is 0. The van der Waals surface area contributed by atoms with E-state index >= 15 is 0 Å². The lowest BCUT2D eigenvalue weighted by atomic mass is 10.1. The monoisotopic (exact) mass is 263 g/mol. The largest absolute Gasteiger partial charge is 0.312 e. The molecule has 0 rings (SSSR count). The molecule has 0 aromatic carbocycles. The highest BCUT2D eigenvalue weighted by atomic mass is 35.5. The van der Waals surface area contributed by atoms with E-state index in [0.29, 0.717) is 0 Å². The number of rotatable bonds is 10. The Morgan fingerprint density at radius 1 is 0.647 bits per heavy atom. The second kappa shape index (κ2) is 18.6. The summed E-state index contributed by atoms with van der Waals surface area (Å²) in [5, 5.41) is 0. The van der Waals surface area contributed by atoms with Gasteiger partial charge in [0.25, 0.3) is 0 Å². The Balaban J connectivity index is 0. The molecule has 17 heavy (non-hydrogen) atoms. The van der Waals surface area contributed by atoms with E-state index in [9.17, 15) is 0 Å². The first-order chi connectivity index (χ1) is 8.15. The lowest BCUT2D eigenvalue weighted by Gasteiger charge is -2.00. The van der Waals surface area contributed by atoms with Gasteiger partial charge in [0.05, 0.1) is 0 Å². The van der Waals surface area contributed by atoms with Crippen LogP contribution < -0.4 is 0 Å². The van der Waals surface area contributed by atoms with Gasteiger partial charge in [-0.05, 0) is 27.6 Å². The Bertz CT molecular complexity index is 103. The molecule has 0 fully saturated rings. The lowest BCUT2D eigenvalue weighted by Crippen LogP contribution is -1.99. The van der Waals surface area contributed by atoms with Crippen molar-refractivity contribution in [3.63, 3.8) is 0 Å². The summed E-state index contributed by atoms with van der Waals surface area (Å²) in [6, 6.07) is 0. The summed E-state index contributed by atoms with van der Waals surface area (Å²) in [5.41, 5.74) is 0. The molecule has 0 spiro atoms. The third kappa shape index (κ3) is 31.4. The van der Waals surface area contributed by atoms with E-state index in [-0.39, 0.29) is 0 Å². The van der Waals surface area contributed by atoms with Crippen molar-refractivity contribution in [3.8, 4) is 0 Å². The molecule has 0 aliphatic carbocycles. The van der Waals surface area contributed by atoms with Crippen molar-refractivity contribution in [1.29, 1.82) is 0 Å². The van der Waals surface area contributed by atoms with E-state index in [1.54, 1.807) is 0 Å². The lowest BCUT2D eigenvalue weighted by molar-refractivity contribution is 0.505. The number of halogens is 1. The standard InChI is InChI=1S/C12H25Cl.C3H9N/c1-2-3-4-5-6-7-8-9-10-11-12-13;1-4(2)3/h2-12H2,1H3;1-3H3. The van der Waals surface area contributed by atoms with Crippen LogP contribution in [0, 0.1) is 0 Å². The normalized spacial score (nSPS) is 10.2. The number of hydrogen-bond acceptors (Lipinski definition) is 1. The van der Waals surface area contributed by atoms with Crippen LogP contribution in [0.3, 0.4) is 0 Å². The van der Waals surface area contributed by atoms with Crippen molar-refractivity contribution in [2.45, 2.75) is 71.1 Å². The average Bonchev–Trinajstić information content (AvgIpc) is 2.26. The molecule has 0 heterocycles. The van der Waals surface area contributed by atoms with Crippen LogP contribution >= 0.6 is 11.6 Å². The van der Waals surface area contributed by atoms with E-state index in [0.717, 1.165) is 5.88 Å². The van der Waals surface area contributed by atoms with Gasteiger partial charge in [-0.1, -0.05) is 64.7 Å². The molecule has 0 saturated heterocycles. The average molecular weight is 264 g/mol. The van der Waals surface area contributed by atoms with Gasteiger partial charge in [0, 0.05) is 5.88 Å². The molecule has 1 nitrogen and oxygen atoms in total. The molecule has 0 aromatic rings. The number of unbranched alkanes of at least 4 members (excludes halogenated alkanes) is 9. The van der Waals surface area contributed by atoms with Crippen LogP contribution in [0.4, 0.5) is 0 Å². The van der Waals surface area contributed by atoms with Gasteiger partial charge in [-0.2, -0.15) is 0 Å². The van der Waals surface area contributed by atoms with Gasteiger partial charge in [0.1, 0.15) is 0 Å². The molecule has 0 bridgehead atoms. The molecule has 0 saturated carbocycles. The molecule has 0 atom stereocenters. The fraction of sp³-hybridized carbons (Fsp3) is 1.00. The van der Waals surface area contributed by atoms with Gasteiger partial charge in [-0.25, -0.2) is 0 Å². The fourth-order valence-corrected chi connectivity index (χ4v) is 1.77. The van der Waals surface area contributed by atoms with Gasteiger partial charge >= 0.3 is 0 Å². The minimum atomic E-state index is 0.844. The van der Waals surface area contributed by atoms with E-state index in [1.165, 1.54) is 64.2 Å². The molecule has 0 N–H and O–H groups in total. The van der Waals surface area contributed by atoms with E-state index in [4.69, 9.17) is 11.6 Å². The zero-order valence-electron chi connectivity index (χ0n) is 12.6. The van der Waals surface area contributed by atoms with Crippen molar-refractivity contribution in [3.05, 3.63) is 0 Å². The van der Waals surface area contributed by atoms with Gasteiger partial charge in [-0.15, -0.1) is 11.6 Å². The molecule has 106 valence electrons. The van der Waals surface area contributed by atoms with Gasteiger partial charge in [0.15, 0.2) is 0 Å². The van der Waals surface area contributed by atoms with Crippen molar-refractivity contribution < 1.29 is 0 Å². The first-order valence-corrected chi connectivity index (χ1v) is 7.85. The predicted octanol–water partition coefficient (Wildman–Crippen LogP) is 5.32. The third-order valence-corrected chi connectivity index (χ3v) is 2.75. The van der Waals surface area contributed by atoms with Gasteiger partial charge in [-0.3, -0.25) is 0 Å². The Morgan fingerprint density at radius 2 is 0.941 bits per heavy atom. The van der Waals surface area contributed by atoms with E-state index in [1.807, 2.05) is 26.0 Å². The summed E-state index contributed by atoms with van der Waals surface area (Å²) in [6.45, 7) is 2.27. The summed E-state index contributed by atoms with van der Waals surface area (Å²) in [5.74, 6) is 0.844. The highest BCUT2D eigenvalue weighted by molar-refractivity contribution is 6.17. The zero-order chi connectivity index (χ0) is 13.4. The molecule has 0 unspecified atom stereocenters. The molecular formula is C15H34ClN. The maximum atomic E-state index is 5.60. The van der Waals surface area contributed by atoms with Crippen molar-refractivity contribution >= 4 is 11.6 Å². The first kappa shape index (κ1) is 19.6. The van der Waals surface area contributed by atoms with Crippen LogP contribution in [-0.4, -0.2) is 31.9 Å². The maximum Gasteiger partial charge on any atom is 0.0223 e. The second-order valence-electron chi connectivity index (χ2n) is 5.21. The van der Waals surface area contributed by atoms with Crippen molar-refractivity contribution in [2.24, 2.45) is 0 Å². The Kier molecular flexibility index (Phi) is 21.4. The number of nitrogens with zero attached hydrogens (tertiary/aromatic N) is 1. The highest BCUT2D eigenvalue weighted by Crippen LogP contribution is 2.10. The SMILES string of the molecule is CCCCCCCCCCCCCl.CN(C)C. The molecule has 0 amide bonds. The second-order valence-corrected chi connectivity index (χ2v) is 5.59. The molecule has 0 aromatic heterocycles. The Hall–Kier alpha value is 0.250. The van der Waals surface area contributed by atoms with Crippen LogP contribution in [0.2, 0.25) is 0 Å². The summed E-state index contributed by atoms with van der Waals surface area (Å²) >= 11 is 5.60. The molecule has 0 aliphatic heterocycles. The summed E-state index contributed by atoms with van der Waals surface area (Å²) in [7, 11) is 6.00. The molecule has 0 radical (unpaired) electrons. The van der Waals surface area contributed by atoms with Crippen LogP contribution in [-0.2, 0) is 0 Å². The molecule has 0 aliphatic rings.